The lowest BCUT2D eigenvalue weighted by Gasteiger charge is -2.24. The van der Waals surface area contributed by atoms with E-state index in [4.69, 9.17) is 0 Å². The first kappa shape index (κ1) is 17.1. The Balaban J connectivity index is 1.78. The van der Waals surface area contributed by atoms with Crippen molar-refractivity contribution in [2.45, 2.75) is 39.0 Å². The van der Waals surface area contributed by atoms with Crippen molar-refractivity contribution in [2.75, 3.05) is 5.32 Å². The largest absolute Gasteiger partial charge is 0.433 e. The molecule has 0 radical (unpaired) electrons. The molecule has 7 heteroatoms. The predicted octanol–water partition coefficient (Wildman–Crippen LogP) is 4.19. The second kappa shape index (κ2) is 7.46. The summed E-state index contributed by atoms with van der Waals surface area (Å²) < 4.78 is 29.7. The van der Waals surface area contributed by atoms with E-state index in [1.807, 2.05) is 12.1 Å². The number of hydrogen-bond donors (Lipinski definition) is 1. The molecule has 1 fully saturated rings. The molecule has 0 spiro atoms. The number of nitrogens with zero attached hydrogens (tertiary/aromatic N) is 2. The van der Waals surface area contributed by atoms with Crippen molar-refractivity contribution in [1.29, 1.82) is 0 Å². The van der Waals surface area contributed by atoms with Gasteiger partial charge in [0.25, 0.3) is 0 Å². The summed E-state index contributed by atoms with van der Waals surface area (Å²) in [6.45, 7) is -0.801. The Morgan fingerprint density at radius 3 is 2.80 bits per heavy atom. The van der Waals surface area contributed by atoms with Gasteiger partial charge >= 0.3 is 12.6 Å². The SMILES string of the molecule is Cc1cccc(OC(F)F)c1NC(=O)N(Cc1cccnc1)C1CC1. The highest BCUT2D eigenvalue weighted by Crippen LogP contribution is 2.32. The van der Waals surface area contributed by atoms with E-state index in [9.17, 15) is 13.6 Å². The van der Waals surface area contributed by atoms with Crippen LogP contribution < -0.4 is 10.1 Å². The van der Waals surface area contributed by atoms with E-state index in [0.717, 1.165) is 18.4 Å². The number of para-hydroxylation sites is 1. The van der Waals surface area contributed by atoms with Crippen molar-refractivity contribution >= 4 is 11.7 Å². The van der Waals surface area contributed by atoms with E-state index in [-0.39, 0.29) is 23.5 Å². The molecule has 1 aromatic carbocycles. The highest BCUT2D eigenvalue weighted by molar-refractivity contribution is 5.92. The molecule has 1 aromatic heterocycles. The molecular formula is C18H19F2N3O2. The fraction of sp³-hybridized carbons (Fsp3) is 0.333. The van der Waals surface area contributed by atoms with Crippen molar-refractivity contribution in [2.24, 2.45) is 0 Å². The predicted molar refractivity (Wildman–Crippen MR) is 89.6 cm³/mol. The van der Waals surface area contributed by atoms with Crippen LogP contribution in [-0.4, -0.2) is 28.6 Å². The number of aromatic nitrogens is 1. The van der Waals surface area contributed by atoms with Crippen molar-refractivity contribution in [3.05, 3.63) is 53.9 Å². The third kappa shape index (κ3) is 4.43. The topological polar surface area (TPSA) is 54.5 Å². The van der Waals surface area contributed by atoms with Gasteiger partial charge in [-0.05, 0) is 43.0 Å². The molecule has 1 aliphatic rings. The summed E-state index contributed by atoms with van der Waals surface area (Å²) in [6, 6.07) is 8.29. The van der Waals surface area contributed by atoms with Gasteiger partial charge < -0.3 is 15.0 Å². The number of hydrogen-bond acceptors (Lipinski definition) is 3. The number of halogens is 2. The highest BCUT2D eigenvalue weighted by atomic mass is 19.3. The summed E-state index contributed by atoms with van der Waals surface area (Å²) in [7, 11) is 0. The number of benzene rings is 1. The van der Waals surface area contributed by atoms with Crippen molar-refractivity contribution in [3.63, 3.8) is 0 Å². The molecule has 0 saturated heterocycles. The van der Waals surface area contributed by atoms with E-state index in [2.05, 4.69) is 15.0 Å². The molecule has 5 nitrogen and oxygen atoms in total. The van der Waals surface area contributed by atoms with Crippen LogP contribution in [0.3, 0.4) is 0 Å². The van der Waals surface area contributed by atoms with Crippen LogP contribution in [0.1, 0.15) is 24.0 Å². The minimum absolute atomic E-state index is 0.0412. The van der Waals surface area contributed by atoms with E-state index in [1.165, 1.54) is 6.07 Å². The molecule has 0 unspecified atom stereocenters. The molecule has 1 heterocycles. The lowest BCUT2D eigenvalue weighted by atomic mass is 10.2. The van der Waals surface area contributed by atoms with Crippen LogP contribution in [0.2, 0.25) is 0 Å². The number of aryl methyl sites for hydroxylation is 1. The van der Waals surface area contributed by atoms with Crippen molar-refractivity contribution in [1.82, 2.24) is 9.88 Å². The van der Waals surface area contributed by atoms with Gasteiger partial charge in [-0.3, -0.25) is 4.98 Å². The quantitative estimate of drug-likeness (QED) is 0.852. The maximum atomic E-state index is 12.7. The normalized spacial score (nSPS) is 13.6. The van der Waals surface area contributed by atoms with Gasteiger partial charge in [-0.15, -0.1) is 0 Å². The van der Waals surface area contributed by atoms with Crippen LogP contribution in [-0.2, 0) is 6.54 Å². The van der Waals surface area contributed by atoms with Gasteiger partial charge in [-0.1, -0.05) is 18.2 Å². The van der Waals surface area contributed by atoms with E-state index >= 15 is 0 Å². The van der Waals surface area contributed by atoms with Crippen LogP contribution in [0, 0.1) is 6.92 Å². The first-order valence-corrected chi connectivity index (χ1v) is 8.05. The Morgan fingerprint density at radius 1 is 1.36 bits per heavy atom. The fourth-order valence-electron chi connectivity index (χ4n) is 2.62. The number of pyridine rings is 1. The van der Waals surface area contributed by atoms with Crippen LogP contribution >= 0.6 is 0 Å². The number of carbonyl (C=O) groups excluding carboxylic acids is 1. The van der Waals surface area contributed by atoms with E-state index in [0.29, 0.717) is 12.1 Å². The maximum absolute atomic E-state index is 12.7. The lowest BCUT2D eigenvalue weighted by Crippen LogP contribution is -2.36. The summed E-state index contributed by atoms with van der Waals surface area (Å²) in [5.74, 6) is -0.0412. The molecule has 2 aromatic rings. The summed E-state index contributed by atoms with van der Waals surface area (Å²) in [5.41, 5.74) is 1.84. The molecule has 3 rings (SSSR count). The Hall–Kier alpha value is -2.70. The first-order valence-electron chi connectivity index (χ1n) is 8.05. The molecule has 0 atom stereocenters. The Bertz CT molecular complexity index is 736. The zero-order valence-electron chi connectivity index (χ0n) is 13.8. The molecule has 1 aliphatic carbocycles. The van der Waals surface area contributed by atoms with Gasteiger partial charge in [0.1, 0.15) is 5.75 Å². The van der Waals surface area contributed by atoms with Crippen LogP contribution in [0.15, 0.2) is 42.7 Å². The average molecular weight is 347 g/mol. The number of nitrogens with one attached hydrogen (secondary N) is 1. The van der Waals surface area contributed by atoms with Gasteiger partial charge in [-0.25, -0.2) is 4.79 Å². The zero-order chi connectivity index (χ0) is 17.8. The highest BCUT2D eigenvalue weighted by Gasteiger charge is 2.33. The van der Waals surface area contributed by atoms with E-state index in [1.54, 1.807) is 36.4 Å². The number of ether oxygens (including phenoxy) is 1. The molecular weight excluding hydrogens is 328 g/mol. The van der Waals surface area contributed by atoms with Gasteiger partial charge in [0.2, 0.25) is 0 Å². The first-order chi connectivity index (χ1) is 12.0. The zero-order valence-corrected chi connectivity index (χ0v) is 13.8. The van der Waals surface area contributed by atoms with Gasteiger partial charge in [0.05, 0.1) is 5.69 Å². The van der Waals surface area contributed by atoms with Crippen LogP contribution in [0.5, 0.6) is 5.75 Å². The number of urea groups is 1. The number of amides is 2. The van der Waals surface area contributed by atoms with Crippen LogP contribution in [0.25, 0.3) is 0 Å². The standard InChI is InChI=1S/C18H19F2N3O2/c1-12-4-2-6-15(25-17(19)20)16(12)22-18(24)23(14-7-8-14)11-13-5-3-9-21-10-13/h2-6,9-10,14,17H,7-8,11H2,1H3,(H,22,24). The monoisotopic (exact) mass is 347 g/mol. The summed E-state index contributed by atoms with van der Waals surface area (Å²) in [4.78, 5) is 18.5. The maximum Gasteiger partial charge on any atom is 0.387 e. The van der Waals surface area contributed by atoms with Gasteiger partial charge in [0, 0.05) is 25.0 Å². The molecule has 132 valence electrons. The van der Waals surface area contributed by atoms with Crippen molar-refractivity contribution < 1.29 is 18.3 Å². The van der Waals surface area contributed by atoms with Gasteiger partial charge in [0.15, 0.2) is 0 Å². The van der Waals surface area contributed by atoms with Crippen LogP contribution in [0.4, 0.5) is 19.3 Å². The van der Waals surface area contributed by atoms with E-state index < -0.39 is 6.61 Å². The second-order valence-electron chi connectivity index (χ2n) is 5.98. The Morgan fingerprint density at radius 2 is 2.16 bits per heavy atom. The lowest BCUT2D eigenvalue weighted by molar-refractivity contribution is -0.0493. The summed E-state index contributed by atoms with van der Waals surface area (Å²) in [6.07, 6.45) is 5.25. The molecule has 0 aliphatic heterocycles. The molecule has 2 amide bonds. The molecule has 25 heavy (non-hydrogen) atoms. The Labute approximate surface area is 144 Å². The summed E-state index contributed by atoms with van der Waals surface area (Å²) >= 11 is 0. The third-order valence-electron chi connectivity index (χ3n) is 4.01. The minimum Gasteiger partial charge on any atom is -0.433 e. The number of alkyl halides is 2. The second-order valence-corrected chi connectivity index (χ2v) is 5.98. The molecule has 0 bridgehead atoms. The summed E-state index contributed by atoms with van der Waals surface area (Å²) in [5, 5.41) is 2.73. The van der Waals surface area contributed by atoms with Crippen molar-refractivity contribution in [3.8, 4) is 5.75 Å². The molecule has 1 N–H and O–H groups in total. The Kier molecular flexibility index (Phi) is 5.11. The average Bonchev–Trinajstić information content (AvgIpc) is 3.41. The molecule has 1 saturated carbocycles. The number of rotatable bonds is 6. The minimum atomic E-state index is -2.95. The fourth-order valence-corrected chi connectivity index (χ4v) is 2.62. The smallest absolute Gasteiger partial charge is 0.387 e. The van der Waals surface area contributed by atoms with Gasteiger partial charge in [-0.2, -0.15) is 8.78 Å². The number of carbonyl (C=O) groups is 1. The number of anilines is 1. The third-order valence-corrected chi connectivity index (χ3v) is 4.01.